The molecule has 1 unspecified atom stereocenters. The van der Waals surface area contributed by atoms with E-state index in [0.29, 0.717) is 0 Å². The van der Waals surface area contributed by atoms with Crippen LogP contribution in [0.25, 0.3) is 11.3 Å². The first-order chi connectivity index (χ1) is 13.3. The number of unbranched alkanes of at least 4 members (excludes halogenated alkanes) is 3. The van der Waals surface area contributed by atoms with E-state index in [1.54, 1.807) is 0 Å². The monoisotopic (exact) mass is 381 g/mol. The molecule has 2 aromatic carbocycles. The van der Waals surface area contributed by atoms with Gasteiger partial charge in [-0.25, -0.2) is 4.98 Å². The second kappa shape index (κ2) is 10.3. The van der Waals surface area contributed by atoms with Gasteiger partial charge in [-0.15, -0.1) is 0 Å². The molecule has 0 spiro atoms. The second-order valence-electron chi connectivity index (χ2n) is 6.96. The lowest BCUT2D eigenvalue weighted by atomic mass is 10.1. The summed E-state index contributed by atoms with van der Waals surface area (Å²) in [5, 5.41) is 4.45. The predicted molar refractivity (Wildman–Crippen MR) is 114 cm³/mol. The van der Waals surface area contributed by atoms with E-state index in [4.69, 9.17) is 11.6 Å². The van der Waals surface area contributed by atoms with Crippen LogP contribution in [0.4, 0.5) is 0 Å². The normalized spacial score (nSPS) is 12.2. The van der Waals surface area contributed by atoms with Crippen molar-refractivity contribution in [1.29, 1.82) is 0 Å². The summed E-state index contributed by atoms with van der Waals surface area (Å²) < 4.78 is 0. The maximum atomic E-state index is 5.99. The van der Waals surface area contributed by atoms with E-state index in [2.05, 4.69) is 58.6 Å². The highest BCUT2D eigenvalue weighted by molar-refractivity contribution is 6.30. The molecule has 3 aromatic rings. The van der Waals surface area contributed by atoms with E-state index < -0.39 is 0 Å². The number of H-pyrrole nitrogens is 1. The molecule has 0 amide bonds. The minimum atomic E-state index is 0.218. The van der Waals surface area contributed by atoms with Gasteiger partial charge in [-0.05, 0) is 29.7 Å². The number of aromatic amines is 1. The van der Waals surface area contributed by atoms with Crippen LogP contribution in [0.5, 0.6) is 0 Å². The zero-order valence-corrected chi connectivity index (χ0v) is 16.7. The summed E-state index contributed by atoms with van der Waals surface area (Å²) in [6.45, 7) is 3.05. The lowest BCUT2D eigenvalue weighted by Crippen LogP contribution is -2.22. The zero-order chi connectivity index (χ0) is 18.9. The molecule has 0 fully saturated rings. The summed E-state index contributed by atoms with van der Waals surface area (Å²) in [6.07, 6.45) is 8.03. The second-order valence-corrected chi connectivity index (χ2v) is 7.39. The molecule has 1 atom stereocenters. The predicted octanol–water partition coefficient (Wildman–Crippen LogP) is 6.53. The van der Waals surface area contributed by atoms with E-state index in [9.17, 15) is 0 Å². The highest BCUT2D eigenvalue weighted by Crippen LogP contribution is 2.23. The van der Waals surface area contributed by atoms with Gasteiger partial charge in [0.2, 0.25) is 0 Å². The number of benzene rings is 2. The molecule has 0 aliphatic rings. The van der Waals surface area contributed by atoms with Crippen molar-refractivity contribution in [3.8, 4) is 11.3 Å². The first-order valence-electron chi connectivity index (χ1n) is 9.84. The molecule has 27 heavy (non-hydrogen) atoms. The first kappa shape index (κ1) is 19.7. The van der Waals surface area contributed by atoms with Gasteiger partial charge in [-0.2, -0.15) is 0 Å². The highest BCUT2D eigenvalue weighted by atomic mass is 35.5. The lowest BCUT2D eigenvalue weighted by molar-refractivity contribution is 0.453. The summed E-state index contributed by atoms with van der Waals surface area (Å²) in [7, 11) is 0. The molecule has 1 aromatic heterocycles. The Morgan fingerprint density at radius 2 is 1.78 bits per heavy atom. The van der Waals surface area contributed by atoms with Gasteiger partial charge in [-0.1, -0.05) is 86.7 Å². The van der Waals surface area contributed by atoms with E-state index in [0.717, 1.165) is 29.5 Å². The molecule has 1 heterocycles. The van der Waals surface area contributed by atoms with Crippen LogP contribution >= 0.6 is 11.6 Å². The summed E-state index contributed by atoms with van der Waals surface area (Å²) in [5.74, 6) is 1.01. The molecular weight excluding hydrogens is 354 g/mol. The third-order valence-corrected chi connectivity index (χ3v) is 5.07. The minimum Gasteiger partial charge on any atom is -0.341 e. The number of hydrogen-bond donors (Lipinski definition) is 2. The van der Waals surface area contributed by atoms with Crippen molar-refractivity contribution in [2.75, 3.05) is 0 Å². The SMILES string of the molecule is CCCCCCC(NCc1ccc(Cl)cc1)c1ncc(-c2ccccc2)[nH]1. The van der Waals surface area contributed by atoms with Gasteiger partial charge < -0.3 is 10.3 Å². The minimum absolute atomic E-state index is 0.218. The standard InChI is InChI=1S/C23H28ClN3/c1-2-3-4-8-11-21(25-16-18-12-14-20(24)15-13-18)23-26-17-22(27-23)19-9-6-5-7-10-19/h5-7,9-10,12-15,17,21,25H,2-4,8,11,16H2,1H3,(H,26,27). The largest absolute Gasteiger partial charge is 0.341 e. The molecule has 0 radical (unpaired) electrons. The maximum Gasteiger partial charge on any atom is 0.123 e. The van der Waals surface area contributed by atoms with Crippen LogP contribution in [0.15, 0.2) is 60.8 Å². The number of nitrogens with zero attached hydrogens (tertiary/aromatic N) is 1. The van der Waals surface area contributed by atoms with Gasteiger partial charge in [-0.3, -0.25) is 0 Å². The van der Waals surface area contributed by atoms with Crippen LogP contribution in [0.1, 0.15) is 56.5 Å². The van der Waals surface area contributed by atoms with Crippen LogP contribution in [0, 0.1) is 0 Å². The number of imidazole rings is 1. The zero-order valence-electron chi connectivity index (χ0n) is 15.9. The molecule has 3 rings (SSSR count). The number of hydrogen-bond acceptors (Lipinski definition) is 2. The highest BCUT2D eigenvalue weighted by Gasteiger charge is 2.15. The summed E-state index contributed by atoms with van der Waals surface area (Å²) >= 11 is 5.99. The van der Waals surface area contributed by atoms with Crippen LogP contribution in [0.2, 0.25) is 5.02 Å². The number of rotatable bonds is 10. The summed E-state index contributed by atoms with van der Waals surface area (Å²) in [6, 6.07) is 18.6. The average Bonchev–Trinajstić information content (AvgIpc) is 3.19. The quantitative estimate of drug-likeness (QED) is 0.392. The topological polar surface area (TPSA) is 40.7 Å². The lowest BCUT2D eigenvalue weighted by Gasteiger charge is -2.17. The third kappa shape index (κ3) is 5.95. The Morgan fingerprint density at radius 3 is 2.52 bits per heavy atom. The number of halogens is 1. The van der Waals surface area contributed by atoms with Crippen molar-refractivity contribution in [2.24, 2.45) is 0 Å². The van der Waals surface area contributed by atoms with Gasteiger partial charge in [0, 0.05) is 11.6 Å². The van der Waals surface area contributed by atoms with E-state index in [-0.39, 0.29) is 6.04 Å². The third-order valence-electron chi connectivity index (χ3n) is 4.82. The van der Waals surface area contributed by atoms with Crippen molar-refractivity contribution in [3.05, 3.63) is 77.2 Å². The molecule has 4 heteroatoms. The van der Waals surface area contributed by atoms with Crippen LogP contribution in [-0.2, 0) is 6.54 Å². The van der Waals surface area contributed by atoms with Crippen molar-refractivity contribution < 1.29 is 0 Å². The van der Waals surface area contributed by atoms with Crippen molar-refractivity contribution in [1.82, 2.24) is 15.3 Å². The molecule has 0 saturated heterocycles. The van der Waals surface area contributed by atoms with Crippen molar-refractivity contribution >= 4 is 11.6 Å². The van der Waals surface area contributed by atoms with E-state index in [1.807, 2.05) is 24.4 Å². The maximum absolute atomic E-state index is 5.99. The average molecular weight is 382 g/mol. The molecule has 2 N–H and O–H groups in total. The van der Waals surface area contributed by atoms with Gasteiger partial charge in [0.15, 0.2) is 0 Å². The van der Waals surface area contributed by atoms with Crippen LogP contribution in [0.3, 0.4) is 0 Å². The van der Waals surface area contributed by atoms with E-state index >= 15 is 0 Å². The molecule has 0 aliphatic heterocycles. The number of aromatic nitrogens is 2. The van der Waals surface area contributed by atoms with Crippen molar-refractivity contribution in [2.45, 2.75) is 51.6 Å². The Hall–Kier alpha value is -2.10. The Morgan fingerprint density at radius 1 is 1.00 bits per heavy atom. The van der Waals surface area contributed by atoms with Gasteiger partial charge in [0.05, 0.1) is 17.9 Å². The Bertz CT molecular complexity index is 796. The summed E-state index contributed by atoms with van der Waals surface area (Å²) in [4.78, 5) is 8.20. The fraction of sp³-hybridized carbons (Fsp3) is 0.348. The fourth-order valence-corrected chi connectivity index (χ4v) is 3.36. The number of nitrogens with one attached hydrogen (secondary N) is 2. The van der Waals surface area contributed by atoms with Crippen LogP contribution < -0.4 is 5.32 Å². The molecule has 0 bridgehead atoms. The molecule has 0 saturated carbocycles. The Labute approximate surface area is 167 Å². The molecule has 0 aliphatic carbocycles. The van der Waals surface area contributed by atoms with Gasteiger partial charge in [0.25, 0.3) is 0 Å². The van der Waals surface area contributed by atoms with Crippen LogP contribution in [-0.4, -0.2) is 9.97 Å². The summed E-state index contributed by atoms with van der Waals surface area (Å²) in [5.41, 5.74) is 3.46. The smallest absolute Gasteiger partial charge is 0.123 e. The van der Waals surface area contributed by atoms with Gasteiger partial charge in [0.1, 0.15) is 5.82 Å². The fourth-order valence-electron chi connectivity index (χ4n) is 3.23. The first-order valence-corrected chi connectivity index (χ1v) is 10.2. The molecular formula is C23H28ClN3. The Kier molecular flexibility index (Phi) is 7.49. The van der Waals surface area contributed by atoms with E-state index in [1.165, 1.54) is 36.8 Å². The van der Waals surface area contributed by atoms with Crippen molar-refractivity contribution in [3.63, 3.8) is 0 Å². The molecule has 3 nitrogen and oxygen atoms in total. The Balaban J connectivity index is 1.69. The molecule has 142 valence electrons. The van der Waals surface area contributed by atoms with Gasteiger partial charge >= 0.3 is 0 Å².